The highest BCUT2D eigenvalue weighted by Gasteiger charge is 2.29. The zero-order chi connectivity index (χ0) is 13.1. The summed E-state index contributed by atoms with van der Waals surface area (Å²) in [6.45, 7) is 7.60. The van der Waals surface area contributed by atoms with Gasteiger partial charge < -0.3 is 10.0 Å². The van der Waals surface area contributed by atoms with Crippen molar-refractivity contribution in [3.05, 3.63) is 0 Å². The minimum Gasteiger partial charge on any atom is -0.481 e. The Balaban J connectivity index is 1.70. The minimum atomic E-state index is -0.614. The van der Waals surface area contributed by atoms with Gasteiger partial charge in [-0.05, 0) is 62.9 Å². The van der Waals surface area contributed by atoms with Crippen LogP contribution in [0.3, 0.4) is 0 Å². The van der Waals surface area contributed by atoms with Crippen LogP contribution in [0.25, 0.3) is 0 Å². The van der Waals surface area contributed by atoms with Crippen LogP contribution in [0.4, 0.5) is 0 Å². The molecule has 0 amide bonds. The largest absolute Gasteiger partial charge is 0.481 e. The number of nitrogens with zero attached hydrogens (tertiary/aromatic N) is 1. The molecule has 1 aliphatic carbocycles. The summed E-state index contributed by atoms with van der Waals surface area (Å²) < 4.78 is 0. The summed E-state index contributed by atoms with van der Waals surface area (Å²) in [5.74, 6) is 1.90. The van der Waals surface area contributed by atoms with Crippen molar-refractivity contribution < 1.29 is 9.90 Å². The fourth-order valence-electron chi connectivity index (χ4n) is 3.95. The summed E-state index contributed by atoms with van der Waals surface area (Å²) in [7, 11) is 0. The highest BCUT2D eigenvalue weighted by atomic mass is 16.4. The van der Waals surface area contributed by atoms with Gasteiger partial charge in [-0.1, -0.05) is 13.8 Å². The Hall–Kier alpha value is -0.570. The molecule has 3 heteroatoms. The Bertz CT molecular complexity index is 282. The molecule has 1 N–H and O–H groups in total. The molecular formula is C15H27NO2. The normalized spacial score (nSPS) is 37.9. The second-order valence-electron chi connectivity index (χ2n) is 6.70. The Morgan fingerprint density at radius 3 is 2.44 bits per heavy atom. The molecule has 0 aromatic carbocycles. The third-order valence-corrected chi connectivity index (χ3v) is 4.75. The van der Waals surface area contributed by atoms with Gasteiger partial charge in [0.15, 0.2) is 0 Å². The Morgan fingerprint density at radius 1 is 1.22 bits per heavy atom. The van der Waals surface area contributed by atoms with Crippen LogP contribution in [0.15, 0.2) is 0 Å². The molecule has 1 aliphatic heterocycles. The molecule has 1 saturated carbocycles. The third kappa shape index (κ3) is 3.71. The summed E-state index contributed by atoms with van der Waals surface area (Å²) in [5, 5.41) is 8.99. The van der Waals surface area contributed by atoms with Crippen LogP contribution in [-0.4, -0.2) is 35.6 Å². The van der Waals surface area contributed by atoms with Gasteiger partial charge in [-0.2, -0.15) is 0 Å². The van der Waals surface area contributed by atoms with Crippen LogP contribution in [0, 0.1) is 23.7 Å². The van der Waals surface area contributed by atoms with Crippen LogP contribution >= 0.6 is 0 Å². The molecule has 3 atom stereocenters. The molecule has 3 nitrogen and oxygen atoms in total. The molecule has 0 spiro atoms. The Morgan fingerprint density at radius 2 is 1.89 bits per heavy atom. The number of carbonyl (C=O) groups is 1. The summed E-state index contributed by atoms with van der Waals surface area (Å²) in [5.41, 5.74) is 0. The molecule has 3 unspecified atom stereocenters. The molecule has 0 bridgehead atoms. The van der Waals surface area contributed by atoms with Crippen molar-refractivity contribution in [1.29, 1.82) is 0 Å². The molecule has 2 fully saturated rings. The molecule has 2 aliphatic rings. The monoisotopic (exact) mass is 253 g/mol. The molecule has 0 aromatic rings. The number of hydrogen-bond acceptors (Lipinski definition) is 2. The number of hydrogen-bond donors (Lipinski definition) is 1. The zero-order valence-corrected chi connectivity index (χ0v) is 11.8. The maximum atomic E-state index is 10.9. The molecule has 18 heavy (non-hydrogen) atoms. The lowest BCUT2D eigenvalue weighted by molar-refractivity contribution is -0.141. The van der Waals surface area contributed by atoms with E-state index in [1.165, 1.54) is 25.7 Å². The summed E-state index contributed by atoms with van der Waals surface area (Å²) in [4.78, 5) is 13.3. The smallest absolute Gasteiger partial charge is 0.307 e. The van der Waals surface area contributed by atoms with E-state index in [1.54, 1.807) is 0 Å². The van der Waals surface area contributed by atoms with E-state index >= 15 is 0 Å². The van der Waals surface area contributed by atoms with Gasteiger partial charge in [-0.25, -0.2) is 0 Å². The van der Waals surface area contributed by atoms with Crippen molar-refractivity contribution in [1.82, 2.24) is 4.90 Å². The van der Waals surface area contributed by atoms with E-state index < -0.39 is 5.97 Å². The fraction of sp³-hybridized carbons (Fsp3) is 0.933. The SMILES string of the molecule is CC1CC(C)CC(CCN2CCC(C(=O)O)C2)C1. The van der Waals surface area contributed by atoms with Gasteiger partial charge in [0.25, 0.3) is 0 Å². The molecule has 0 radical (unpaired) electrons. The number of aliphatic carboxylic acids is 1. The minimum absolute atomic E-state index is 0.116. The lowest BCUT2D eigenvalue weighted by Gasteiger charge is -2.32. The average molecular weight is 253 g/mol. The first-order valence-electron chi connectivity index (χ1n) is 7.49. The van der Waals surface area contributed by atoms with Crippen LogP contribution in [0.5, 0.6) is 0 Å². The highest BCUT2D eigenvalue weighted by Crippen LogP contribution is 2.34. The number of carboxylic acid groups (broad SMARTS) is 1. The van der Waals surface area contributed by atoms with Crippen molar-refractivity contribution in [2.45, 2.75) is 46.0 Å². The van der Waals surface area contributed by atoms with Gasteiger partial charge in [-0.3, -0.25) is 4.79 Å². The Kier molecular flexibility index (Phi) is 4.66. The number of rotatable bonds is 4. The summed E-state index contributed by atoms with van der Waals surface area (Å²) in [6, 6.07) is 0. The van der Waals surface area contributed by atoms with E-state index in [0.29, 0.717) is 0 Å². The van der Waals surface area contributed by atoms with Crippen molar-refractivity contribution in [3.8, 4) is 0 Å². The predicted octanol–water partition coefficient (Wildman–Crippen LogP) is 2.86. The Labute approximate surface area is 111 Å². The second-order valence-corrected chi connectivity index (χ2v) is 6.70. The highest BCUT2D eigenvalue weighted by molar-refractivity contribution is 5.70. The maximum Gasteiger partial charge on any atom is 0.307 e. The van der Waals surface area contributed by atoms with E-state index in [0.717, 1.165) is 43.8 Å². The van der Waals surface area contributed by atoms with E-state index in [9.17, 15) is 4.79 Å². The lowest BCUT2D eigenvalue weighted by Crippen LogP contribution is -2.28. The second kappa shape index (κ2) is 6.05. The predicted molar refractivity (Wildman–Crippen MR) is 72.5 cm³/mol. The van der Waals surface area contributed by atoms with E-state index in [-0.39, 0.29) is 5.92 Å². The van der Waals surface area contributed by atoms with E-state index in [2.05, 4.69) is 18.7 Å². The molecule has 104 valence electrons. The molecule has 1 heterocycles. The third-order valence-electron chi connectivity index (χ3n) is 4.75. The van der Waals surface area contributed by atoms with Crippen LogP contribution in [0.2, 0.25) is 0 Å². The van der Waals surface area contributed by atoms with Gasteiger partial charge in [0.1, 0.15) is 0 Å². The maximum absolute atomic E-state index is 10.9. The van der Waals surface area contributed by atoms with Gasteiger partial charge in [0.05, 0.1) is 5.92 Å². The van der Waals surface area contributed by atoms with Gasteiger partial charge >= 0.3 is 5.97 Å². The topological polar surface area (TPSA) is 40.5 Å². The number of carboxylic acids is 1. The quantitative estimate of drug-likeness (QED) is 0.837. The first-order chi connectivity index (χ1) is 8.54. The van der Waals surface area contributed by atoms with Gasteiger partial charge in [0, 0.05) is 6.54 Å². The standard InChI is InChI=1S/C15H27NO2/c1-11-7-12(2)9-13(8-11)3-5-16-6-4-14(10-16)15(17)18/h11-14H,3-10H2,1-2H3,(H,17,18). The fourth-order valence-corrected chi connectivity index (χ4v) is 3.95. The number of likely N-dealkylation sites (tertiary alicyclic amines) is 1. The van der Waals surface area contributed by atoms with Gasteiger partial charge in [-0.15, -0.1) is 0 Å². The first-order valence-corrected chi connectivity index (χ1v) is 7.49. The van der Waals surface area contributed by atoms with Crippen molar-refractivity contribution in [3.63, 3.8) is 0 Å². The summed E-state index contributed by atoms with van der Waals surface area (Å²) in [6.07, 6.45) is 6.25. The van der Waals surface area contributed by atoms with Gasteiger partial charge in [0.2, 0.25) is 0 Å². The van der Waals surface area contributed by atoms with Crippen molar-refractivity contribution in [2.75, 3.05) is 19.6 Å². The van der Waals surface area contributed by atoms with Crippen LogP contribution in [-0.2, 0) is 4.79 Å². The first kappa shape index (κ1) is 13.9. The zero-order valence-electron chi connectivity index (χ0n) is 11.8. The molecule has 2 rings (SSSR count). The molecular weight excluding hydrogens is 226 g/mol. The average Bonchev–Trinajstić information content (AvgIpc) is 2.73. The summed E-state index contributed by atoms with van der Waals surface area (Å²) >= 11 is 0. The van der Waals surface area contributed by atoms with E-state index in [4.69, 9.17) is 5.11 Å². The van der Waals surface area contributed by atoms with E-state index in [1.807, 2.05) is 0 Å². The van der Waals surface area contributed by atoms with Crippen LogP contribution in [0.1, 0.15) is 46.0 Å². The molecule has 1 saturated heterocycles. The van der Waals surface area contributed by atoms with Crippen molar-refractivity contribution >= 4 is 5.97 Å². The van der Waals surface area contributed by atoms with Crippen LogP contribution < -0.4 is 0 Å². The molecule has 0 aromatic heterocycles. The van der Waals surface area contributed by atoms with Crippen molar-refractivity contribution in [2.24, 2.45) is 23.7 Å². The lowest BCUT2D eigenvalue weighted by atomic mass is 9.75.